The van der Waals surface area contributed by atoms with Crippen molar-refractivity contribution in [3.8, 4) is 17.1 Å². The molecule has 1 aromatic carbocycles. The summed E-state index contributed by atoms with van der Waals surface area (Å²) in [6, 6.07) is 11.0. The van der Waals surface area contributed by atoms with Crippen LogP contribution in [0.25, 0.3) is 11.3 Å². The summed E-state index contributed by atoms with van der Waals surface area (Å²) in [5.41, 5.74) is 0.856. The Morgan fingerprint density at radius 3 is 2.59 bits per heavy atom. The Morgan fingerprint density at radius 1 is 1.18 bits per heavy atom. The molecule has 0 unspecified atom stereocenters. The zero-order valence-corrected chi connectivity index (χ0v) is 9.84. The van der Waals surface area contributed by atoms with Crippen molar-refractivity contribution in [2.45, 2.75) is 20.0 Å². The highest BCUT2D eigenvalue weighted by Gasteiger charge is 2.10. The second-order valence-electron chi connectivity index (χ2n) is 3.98. The van der Waals surface area contributed by atoms with Gasteiger partial charge in [-0.3, -0.25) is 4.79 Å². The van der Waals surface area contributed by atoms with Gasteiger partial charge in [0, 0.05) is 0 Å². The molecule has 0 aliphatic heterocycles. The van der Waals surface area contributed by atoms with Gasteiger partial charge in [0.2, 0.25) is 0 Å². The molecule has 1 aromatic heterocycles. The van der Waals surface area contributed by atoms with E-state index in [-0.39, 0.29) is 6.10 Å². The van der Waals surface area contributed by atoms with Gasteiger partial charge in [-0.15, -0.1) is 0 Å². The van der Waals surface area contributed by atoms with Crippen LogP contribution in [0.5, 0.6) is 5.75 Å². The standard InChI is InChI=1S/C14H14O3/c1-10(2)16-13-6-4-3-5-12(13)14-8-7-11(9-15)17-14/h3-10H,1-2H3. The van der Waals surface area contributed by atoms with Crippen LogP contribution in [0.15, 0.2) is 40.8 Å². The minimum Gasteiger partial charge on any atom is -0.490 e. The zero-order chi connectivity index (χ0) is 12.3. The van der Waals surface area contributed by atoms with E-state index in [9.17, 15) is 4.79 Å². The molecule has 3 nitrogen and oxygen atoms in total. The van der Waals surface area contributed by atoms with Crippen molar-refractivity contribution in [1.29, 1.82) is 0 Å². The van der Waals surface area contributed by atoms with E-state index in [0.717, 1.165) is 11.3 Å². The third kappa shape index (κ3) is 2.56. The first-order valence-corrected chi connectivity index (χ1v) is 5.52. The monoisotopic (exact) mass is 230 g/mol. The van der Waals surface area contributed by atoms with E-state index < -0.39 is 0 Å². The number of hydrogen-bond acceptors (Lipinski definition) is 3. The van der Waals surface area contributed by atoms with Crippen LogP contribution in [0.1, 0.15) is 24.4 Å². The van der Waals surface area contributed by atoms with Crippen molar-refractivity contribution in [1.82, 2.24) is 0 Å². The Bertz CT molecular complexity index is 512. The Morgan fingerprint density at radius 2 is 1.94 bits per heavy atom. The van der Waals surface area contributed by atoms with Gasteiger partial charge < -0.3 is 9.15 Å². The molecular formula is C14H14O3. The molecule has 0 spiro atoms. The lowest BCUT2D eigenvalue weighted by molar-refractivity contribution is 0.110. The van der Waals surface area contributed by atoms with Gasteiger partial charge in [0.1, 0.15) is 11.5 Å². The molecule has 0 aliphatic rings. The SMILES string of the molecule is CC(C)Oc1ccccc1-c1ccc(C=O)o1. The van der Waals surface area contributed by atoms with Gasteiger partial charge in [0.25, 0.3) is 0 Å². The maximum absolute atomic E-state index is 10.6. The van der Waals surface area contributed by atoms with Gasteiger partial charge in [-0.1, -0.05) is 12.1 Å². The lowest BCUT2D eigenvalue weighted by atomic mass is 10.1. The summed E-state index contributed by atoms with van der Waals surface area (Å²) in [6.45, 7) is 3.94. The van der Waals surface area contributed by atoms with E-state index in [4.69, 9.17) is 9.15 Å². The molecule has 1 heterocycles. The first-order valence-electron chi connectivity index (χ1n) is 5.52. The summed E-state index contributed by atoms with van der Waals surface area (Å²) < 4.78 is 11.1. The van der Waals surface area contributed by atoms with Crippen molar-refractivity contribution in [2.75, 3.05) is 0 Å². The smallest absolute Gasteiger partial charge is 0.185 e. The van der Waals surface area contributed by atoms with Crippen molar-refractivity contribution < 1.29 is 13.9 Å². The number of benzene rings is 1. The van der Waals surface area contributed by atoms with Gasteiger partial charge in [-0.2, -0.15) is 0 Å². The molecule has 17 heavy (non-hydrogen) atoms. The van der Waals surface area contributed by atoms with E-state index in [1.807, 2.05) is 38.1 Å². The summed E-state index contributed by atoms with van der Waals surface area (Å²) in [5.74, 6) is 1.72. The van der Waals surface area contributed by atoms with Crippen LogP contribution in [0.4, 0.5) is 0 Å². The molecular weight excluding hydrogens is 216 g/mol. The molecule has 0 saturated carbocycles. The Labute approximate surface area is 100 Å². The van der Waals surface area contributed by atoms with E-state index >= 15 is 0 Å². The van der Waals surface area contributed by atoms with Crippen LogP contribution < -0.4 is 4.74 Å². The van der Waals surface area contributed by atoms with Gasteiger partial charge in [-0.05, 0) is 38.1 Å². The summed E-state index contributed by atoms with van der Waals surface area (Å²) in [5, 5.41) is 0. The molecule has 2 aromatic rings. The number of furan rings is 1. The molecule has 0 aliphatic carbocycles. The lowest BCUT2D eigenvalue weighted by Gasteiger charge is -2.12. The molecule has 0 amide bonds. The van der Waals surface area contributed by atoms with Crippen molar-refractivity contribution in [3.05, 3.63) is 42.2 Å². The second-order valence-corrected chi connectivity index (χ2v) is 3.98. The number of carbonyl (C=O) groups is 1. The number of ether oxygens (including phenoxy) is 1. The quantitative estimate of drug-likeness (QED) is 0.754. The Hall–Kier alpha value is -2.03. The van der Waals surface area contributed by atoms with E-state index in [1.54, 1.807) is 12.1 Å². The predicted molar refractivity (Wildman–Crippen MR) is 65.3 cm³/mol. The van der Waals surface area contributed by atoms with Gasteiger partial charge in [0.05, 0.1) is 11.7 Å². The van der Waals surface area contributed by atoms with Crippen molar-refractivity contribution >= 4 is 6.29 Å². The minimum atomic E-state index is 0.0941. The largest absolute Gasteiger partial charge is 0.490 e. The van der Waals surface area contributed by atoms with Crippen LogP contribution >= 0.6 is 0 Å². The fourth-order valence-corrected chi connectivity index (χ4v) is 1.59. The zero-order valence-electron chi connectivity index (χ0n) is 9.84. The predicted octanol–water partition coefficient (Wildman–Crippen LogP) is 3.55. The highest BCUT2D eigenvalue weighted by molar-refractivity contribution is 5.74. The van der Waals surface area contributed by atoms with Crippen LogP contribution in [0, 0.1) is 0 Å². The lowest BCUT2D eigenvalue weighted by Crippen LogP contribution is -2.06. The third-order valence-corrected chi connectivity index (χ3v) is 2.26. The maximum Gasteiger partial charge on any atom is 0.185 e. The second kappa shape index (κ2) is 4.87. The fourth-order valence-electron chi connectivity index (χ4n) is 1.59. The maximum atomic E-state index is 10.6. The summed E-state index contributed by atoms with van der Waals surface area (Å²) in [4.78, 5) is 10.6. The molecule has 2 rings (SSSR count). The molecule has 88 valence electrons. The molecule has 0 N–H and O–H groups in total. The fraction of sp³-hybridized carbons (Fsp3) is 0.214. The molecule has 0 bridgehead atoms. The van der Waals surface area contributed by atoms with E-state index in [1.165, 1.54) is 0 Å². The third-order valence-electron chi connectivity index (χ3n) is 2.26. The number of rotatable bonds is 4. The number of aldehydes is 1. The average Bonchev–Trinajstić information content (AvgIpc) is 2.77. The van der Waals surface area contributed by atoms with Gasteiger partial charge in [-0.25, -0.2) is 0 Å². The topological polar surface area (TPSA) is 39.4 Å². The first kappa shape index (κ1) is 11.5. The van der Waals surface area contributed by atoms with Crippen LogP contribution in [0.3, 0.4) is 0 Å². The van der Waals surface area contributed by atoms with Crippen LogP contribution in [0.2, 0.25) is 0 Å². The van der Waals surface area contributed by atoms with Crippen molar-refractivity contribution in [3.63, 3.8) is 0 Å². The molecule has 0 atom stereocenters. The molecule has 0 fully saturated rings. The summed E-state index contributed by atoms with van der Waals surface area (Å²) in [7, 11) is 0. The normalized spacial score (nSPS) is 10.5. The minimum absolute atomic E-state index is 0.0941. The van der Waals surface area contributed by atoms with E-state index in [2.05, 4.69) is 0 Å². The van der Waals surface area contributed by atoms with Crippen LogP contribution in [-0.4, -0.2) is 12.4 Å². The molecule has 3 heteroatoms. The molecule has 0 saturated heterocycles. The average molecular weight is 230 g/mol. The summed E-state index contributed by atoms with van der Waals surface area (Å²) >= 11 is 0. The molecule has 0 radical (unpaired) electrons. The van der Waals surface area contributed by atoms with Gasteiger partial charge >= 0.3 is 0 Å². The Balaban J connectivity index is 2.40. The summed E-state index contributed by atoms with van der Waals surface area (Å²) in [6.07, 6.45) is 0.784. The van der Waals surface area contributed by atoms with Crippen molar-refractivity contribution in [2.24, 2.45) is 0 Å². The number of para-hydroxylation sites is 1. The number of carbonyl (C=O) groups excluding carboxylic acids is 1. The van der Waals surface area contributed by atoms with E-state index in [0.29, 0.717) is 17.8 Å². The highest BCUT2D eigenvalue weighted by atomic mass is 16.5. The Kier molecular flexibility index (Phi) is 3.28. The first-order chi connectivity index (χ1) is 8.20. The van der Waals surface area contributed by atoms with Gasteiger partial charge in [0.15, 0.2) is 12.0 Å². The highest BCUT2D eigenvalue weighted by Crippen LogP contribution is 2.31. The van der Waals surface area contributed by atoms with Crippen LogP contribution in [-0.2, 0) is 0 Å². The number of hydrogen-bond donors (Lipinski definition) is 0.